The van der Waals surface area contributed by atoms with Crippen LogP contribution in [-0.2, 0) is 33.2 Å². The van der Waals surface area contributed by atoms with E-state index >= 15 is 0 Å². The molecule has 0 amide bonds. The van der Waals surface area contributed by atoms with Gasteiger partial charge in [-0.15, -0.1) is 0 Å². The van der Waals surface area contributed by atoms with Gasteiger partial charge in [-0.25, -0.2) is 0 Å². The summed E-state index contributed by atoms with van der Waals surface area (Å²) in [6, 6.07) is 0. The lowest BCUT2D eigenvalue weighted by Crippen LogP contribution is -2.61. The maximum atomic E-state index is 12.9. The van der Waals surface area contributed by atoms with Crippen LogP contribution in [0.5, 0.6) is 0 Å². The van der Waals surface area contributed by atoms with E-state index < -0.39 is 80.7 Å². The number of esters is 1. The molecule has 0 aromatic carbocycles. The minimum atomic E-state index is -1.71. The molecule has 0 aromatic rings. The second-order valence-corrected chi connectivity index (χ2v) is 18.3. The lowest BCUT2D eigenvalue weighted by atomic mass is 9.98. The summed E-state index contributed by atoms with van der Waals surface area (Å²) in [6.07, 6.45) is 33.1. The van der Waals surface area contributed by atoms with Crippen molar-refractivity contribution in [2.45, 2.75) is 242 Å². The summed E-state index contributed by atoms with van der Waals surface area (Å²) in [5.74, 6) is -0.384. The Hall–Kier alpha value is -2.31. The average molecular weight is 967 g/mol. The van der Waals surface area contributed by atoms with Crippen LogP contribution in [0.1, 0.15) is 174 Å². The number of hydrogen-bond acceptors (Lipinski definition) is 14. The number of aliphatic hydroxyl groups excluding tert-OH is 7. The van der Waals surface area contributed by atoms with Crippen LogP contribution in [-0.4, -0.2) is 142 Å². The first-order valence-electron chi connectivity index (χ1n) is 26.4. The summed E-state index contributed by atoms with van der Waals surface area (Å²) in [4.78, 5) is 12.9. The third-order valence-corrected chi connectivity index (χ3v) is 12.3. The van der Waals surface area contributed by atoms with E-state index in [2.05, 4.69) is 74.6 Å². The molecule has 2 fully saturated rings. The monoisotopic (exact) mass is 967 g/mol. The summed E-state index contributed by atoms with van der Waals surface area (Å²) in [6.45, 7) is 3.52. The minimum Gasteiger partial charge on any atom is -0.457 e. The van der Waals surface area contributed by atoms with E-state index in [4.69, 9.17) is 28.4 Å². The van der Waals surface area contributed by atoms with E-state index in [9.17, 15) is 40.5 Å². The highest BCUT2D eigenvalue weighted by Gasteiger charge is 2.47. The molecule has 14 heteroatoms. The van der Waals surface area contributed by atoms with E-state index in [1.165, 1.54) is 70.6 Å². The molecule has 11 atom stereocenters. The molecule has 2 saturated heterocycles. The SMILES string of the molecule is CC/C=C\C/C=C\C/C=C\C/C=C\C/C=C\CCCCCCCCCCCCOCC(COC1OC(COC2OC(CO)C(O)C(O)C2O)C(O)C(O)C1O)OC(=O)CCCCCCCCCC. The van der Waals surface area contributed by atoms with Crippen LogP contribution in [0.2, 0.25) is 0 Å². The van der Waals surface area contributed by atoms with E-state index in [-0.39, 0.29) is 25.6 Å². The molecular weight excluding hydrogens is 873 g/mol. The predicted octanol–water partition coefficient (Wildman–Crippen LogP) is 8.13. The van der Waals surface area contributed by atoms with E-state index in [1.54, 1.807) is 0 Å². The number of carbonyl (C=O) groups excluding carboxylic acids is 1. The zero-order valence-electron chi connectivity index (χ0n) is 41.8. The Morgan fingerprint density at radius 2 is 0.956 bits per heavy atom. The highest BCUT2D eigenvalue weighted by molar-refractivity contribution is 5.69. The Bertz CT molecular complexity index is 1350. The van der Waals surface area contributed by atoms with Crippen LogP contribution in [0.3, 0.4) is 0 Å². The number of aliphatic hydroxyl groups is 7. The number of ether oxygens (including phenoxy) is 6. The zero-order chi connectivity index (χ0) is 49.5. The Morgan fingerprint density at radius 3 is 1.50 bits per heavy atom. The van der Waals surface area contributed by atoms with E-state index in [0.717, 1.165) is 77.0 Å². The summed E-state index contributed by atoms with van der Waals surface area (Å²) in [5.41, 5.74) is 0. The van der Waals surface area contributed by atoms with Gasteiger partial charge in [-0.2, -0.15) is 0 Å². The maximum absolute atomic E-state index is 12.9. The lowest BCUT2D eigenvalue weighted by molar-refractivity contribution is -0.332. The van der Waals surface area contributed by atoms with Gasteiger partial charge < -0.3 is 64.2 Å². The normalized spacial score (nSPS) is 26.4. The van der Waals surface area contributed by atoms with Gasteiger partial charge in [0.15, 0.2) is 12.6 Å². The highest BCUT2D eigenvalue weighted by atomic mass is 16.7. The summed E-state index contributed by atoms with van der Waals surface area (Å²) in [5, 5.41) is 72.0. The zero-order valence-corrected chi connectivity index (χ0v) is 41.8. The predicted molar refractivity (Wildman–Crippen MR) is 266 cm³/mol. The van der Waals surface area contributed by atoms with Crippen LogP contribution in [0.4, 0.5) is 0 Å². The Balaban J connectivity index is 1.66. The van der Waals surface area contributed by atoms with Crippen molar-refractivity contribution in [3.63, 3.8) is 0 Å². The van der Waals surface area contributed by atoms with Gasteiger partial charge in [0.25, 0.3) is 0 Å². The van der Waals surface area contributed by atoms with Crippen LogP contribution >= 0.6 is 0 Å². The molecule has 7 N–H and O–H groups in total. The molecule has 394 valence electrons. The van der Waals surface area contributed by atoms with Gasteiger partial charge >= 0.3 is 5.97 Å². The first-order chi connectivity index (χ1) is 33.1. The molecule has 0 saturated carbocycles. The first-order valence-corrected chi connectivity index (χ1v) is 26.4. The Kier molecular flexibility index (Phi) is 37.6. The van der Waals surface area contributed by atoms with Crippen molar-refractivity contribution in [3.05, 3.63) is 60.8 Å². The molecule has 0 radical (unpaired) electrons. The molecule has 2 aliphatic rings. The quantitative estimate of drug-likeness (QED) is 0.0175. The van der Waals surface area contributed by atoms with Gasteiger partial charge in [0.2, 0.25) is 0 Å². The molecule has 0 spiro atoms. The topological polar surface area (TPSA) is 214 Å². The van der Waals surface area contributed by atoms with Crippen LogP contribution < -0.4 is 0 Å². The van der Waals surface area contributed by atoms with Gasteiger partial charge in [0.1, 0.15) is 54.9 Å². The molecule has 11 unspecified atom stereocenters. The van der Waals surface area contributed by atoms with Crippen molar-refractivity contribution in [3.8, 4) is 0 Å². The molecule has 0 aliphatic carbocycles. The molecular formula is C54H94O14. The van der Waals surface area contributed by atoms with Crippen molar-refractivity contribution >= 4 is 5.97 Å². The van der Waals surface area contributed by atoms with Crippen molar-refractivity contribution in [1.29, 1.82) is 0 Å². The molecule has 68 heavy (non-hydrogen) atoms. The fraction of sp³-hybridized carbons (Fsp3) is 0.796. The smallest absolute Gasteiger partial charge is 0.306 e. The number of allylic oxidation sites excluding steroid dienone is 10. The molecule has 14 nitrogen and oxygen atoms in total. The van der Waals surface area contributed by atoms with Gasteiger partial charge in [0, 0.05) is 13.0 Å². The van der Waals surface area contributed by atoms with E-state index in [0.29, 0.717) is 13.0 Å². The number of carbonyl (C=O) groups is 1. The third-order valence-electron chi connectivity index (χ3n) is 12.3. The van der Waals surface area contributed by atoms with Crippen LogP contribution in [0.25, 0.3) is 0 Å². The van der Waals surface area contributed by atoms with Crippen molar-refractivity contribution in [1.82, 2.24) is 0 Å². The number of hydrogen-bond donors (Lipinski definition) is 7. The molecule has 2 aliphatic heterocycles. The summed E-state index contributed by atoms with van der Waals surface area (Å²) in [7, 11) is 0. The molecule has 0 aromatic heterocycles. The van der Waals surface area contributed by atoms with Crippen molar-refractivity contribution in [2.75, 3.05) is 33.0 Å². The van der Waals surface area contributed by atoms with Crippen LogP contribution in [0, 0.1) is 0 Å². The lowest BCUT2D eigenvalue weighted by Gasteiger charge is -2.42. The van der Waals surface area contributed by atoms with E-state index in [1.807, 2.05) is 0 Å². The summed E-state index contributed by atoms with van der Waals surface area (Å²) < 4.78 is 34.2. The molecule has 2 rings (SSSR count). The van der Waals surface area contributed by atoms with Gasteiger partial charge in [-0.1, -0.05) is 171 Å². The van der Waals surface area contributed by atoms with Gasteiger partial charge in [-0.3, -0.25) is 4.79 Å². The fourth-order valence-corrected chi connectivity index (χ4v) is 8.02. The maximum Gasteiger partial charge on any atom is 0.306 e. The first kappa shape index (κ1) is 61.8. The molecule has 0 bridgehead atoms. The van der Waals surface area contributed by atoms with Crippen molar-refractivity contribution in [2.24, 2.45) is 0 Å². The van der Waals surface area contributed by atoms with Gasteiger partial charge in [-0.05, 0) is 57.8 Å². The number of unbranched alkanes of at least 4 members (excludes halogenated alkanes) is 17. The standard InChI is InChI=1S/C54H94O14/c1-3-5-7-9-11-13-14-15-16-17-18-19-20-21-22-23-24-25-26-27-28-29-30-32-34-36-38-63-40-43(66-46(56)37-35-33-31-12-10-8-6-4-2)41-64-53-52(62)50(60)48(58)45(68-53)42-65-54-51(61)49(59)47(57)44(39-55)67-54/h5,7,11,13,15-16,18-19,21-22,43-45,47-55,57-62H,3-4,6,8-10,12,14,17,20,23-42H2,1-2H3/b7-5-,13-11-,16-15-,19-18-,22-21-. The summed E-state index contributed by atoms with van der Waals surface area (Å²) >= 11 is 0. The highest BCUT2D eigenvalue weighted by Crippen LogP contribution is 2.26. The Labute approximate surface area is 409 Å². The Morgan fingerprint density at radius 1 is 0.500 bits per heavy atom. The second kappa shape index (κ2) is 41.3. The molecule has 2 heterocycles. The van der Waals surface area contributed by atoms with Gasteiger partial charge in [0.05, 0.1) is 26.4 Å². The largest absolute Gasteiger partial charge is 0.457 e. The minimum absolute atomic E-state index is 0.0574. The fourth-order valence-electron chi connectivity index (χ4n) is 8.02. The third kappa shape index (κ3) is 28.5. The number of rotatable bonds is 41. The average Bonchev–Trinajstić information content (AvgIpc) is 3.34. The second-order valence-electron chi connectivity index (χ2n) is 18.3. The van der Waals surface area contributed by atoms with Crippen molar-refractivity contribution < 1.29 is 69.0 Å². The van der Waals surface area contributed by atoms with Crippen LogP contribution in [0.15, 0.2) is 60.8 Å².